The highest BCUT2D eigenvalue weighted by molar-refractivity contribution is 6.42. The monoisotopic (exact) mass is 383 g/mol. The van der Waals surface area contributed by atoms with Crippen LogP contribution in [0, 0.1) is 0 Å². The van der Waals surface area contributed by atoms with Crippen LogP contribution in [0.25, 0.3) is 0 Å². The van der Waals surface area contributed by atoms with Gasteiger partial charge in [0, 0.05) is 11.8 Å². The molecule has 1 N–H and O–H groups in total. The molecule has 0 aromatic heterocycles. The lowest BCUT2D eigenvalue weighted by molar-refractivity contribution is -0.119. The molecule has 0 unspecified atom stereocenters. The lowest BCUT2D eigenvalue weighted by Crippen LogP contribution is -2.21. The Morgan fingerprint density at radius 1 is 0.960 bits per heavy atom. The Balaban J connectivity index is 1.94. The van der Waals surface area contributed by atoms with Crippen molar-refractivity contribution in [2.24, 2.45) is 0 Å². The Bertz CT molecular complexity index is 795. The zero-order valence-corrected chi connectivity index (χ0v) is 15.0. The maximum atomic E-state index is 11.9. The van der Waals surface area contributed by atoms with Gasteiger partial charge in [-0.05, 0) is 30.3 Å². The molecule has 0 heterocycles. The number of anilines is 1. The molecule has 8 heteroatoms. The SMILES string of the molecule is COc1ccc(NC(=O)COC(=O)c2ccc(Cl)c(Cl)c2)cc1OC. The standard InChI is InChI=1S/C17H15Cl2NO5/c1-23-14-6-4-11(8-15(14)24-2)20-16(21)9-25-17(22)10-3-5-12(18)13(19)7-10/h3-8H,9H2,1-2H3,(H,20,21). The largest absolute Gasteiger partial charge is 0.493 e. The highest BCUT2D eigenvalue weighted by Crippen LogP contribution is 2.29. The fraction of sp³-hybridized carbons (Fsp3) is 0.176. The first kappa shape index (κ1) is 18.9. The summed E-state index contributed by atoms with van der Waals surface area (Å²) in [7, 11) is 3.00. The van der Waals surface area contributed by atoms with Crippen molar-refractivity contribution in [3.05, 3.63) is 52.0 Å². The summed E-state index contributed by atoms with van der Waals surface area (Å²) in [6.45, 7) is -0.451. The quantitative estimate of drug-likeness (QED) is 0.767. The molecule has 0 atom stereocenters. The highest BCUT2D eigenvalue weighted by Gasteiger charge is 2.13. The molecule has 1 amide bonds. The van der Waals surface area contributed by atoms with E-state index in [0.29, 0.717) is 22.2 Å². The van der Waals surface area contributed by atoms with Gasteiger partial charge < -0.3 is 19.5 Å². The number of nitrogens with one attached hydrogen (secondary N) is 1. The molecule has 25 heavy (non-hydrogen) atoms. The topological polar surface area (TPSA) is 73.9 Å². The third-order valence-electron chi connectivity index (χ3n) is 3.16. The van der Waals surface area contributed by atoms with Crippen molar-refractivity contribution in [2.75, 3.05) is 26.1 Å². The molecule has 6 nitrogen and oxygen atoms in total. The first-order chi connectivity index (χ1) is 11.9. The van der Waals surface area contributed by atoms with Crippen LogP contribution in [0.4, 0.5) is 5.69 Å². The predicted octanol–water partition coefficient (Wildman–Crippen LogP) is 3.81. The lowest BCUT2D eigenvalue weighted by atomic mass is 10.2. The maximum Gasteiger partial charge on any atom is 0.338 e. The molecule has 132 valence electrons. The molecule has 2 aromatic rings. The van der Waals surface area contributed by atoms with Gasteiger partial charge in [0.1, 0.15) is 0 Å². The van der Waals surface area contributed by atoms with Crippen LogP contribution in [0.2, 0.25) is 10.0 Å². The smallest absolute Gasteiger partial charge is 0.338 e. The number of amides is 1. The number of halogens is 2. The second-order valence-electron chi connectivity index (χ2n) is 4.82. The van der Waals surface area contributed by atoms with Gasteiger partial charge >= 0.3 is 5.97 Å². The van der Waals surface area contributed by atoms with Crippen LogP contribution in [-0.2, 0) is 9.53 Å². The average Bonchev–Trinajstić information content (AvgIpc) is 2.61. The van der Waals surface area contributed by atoms with Gasteiger partial charge in [0.2, 0.25) is 0 Å². The third-order valence-corrected chi connectivity index (χ3v) is 3.90. The van der Waals surface area contributed by atoms with Crippen molar-refractivity contribution in [1.29, 1.82) is 0 Å². The Kier molecular flexibility index (Phi) is 6.50. The maximum absolute atomic E-state index is 11.9. The van der Waals surface area contributed by atoms with Crippen molar-refractivity contribution in [3.8, 4) is 11.5 Å². The lowest BCUT2D eigenvalue weighted by Gasteiger charge is -2.11. The van der Waals surface area contributed by atoms with Crippen LogP contribution in [0.5, 0.6) is 11.5 Å². The van der Waals surface area contributed by atoms with E-state index in [1.165, 1.54) is 32.4 Å². The number of esters is 1. The minimum Gasteiger partial charge on any atom is -0.493 e. The van der Waals surface area contributed by atoms with E-state index >= 15 is 0 Å². The van der Waals surface area contributed by atoms with E-state index < -0.39 is 18.5 Å². The molecule has 0 bridgehead atoms. The number of hydrogen-bond donors (Lipinski definition) is 1. The van der Waals surface area contributed by atoms with Gasteiger partial charge in [0.25, 0.3) is 5.91 Å². The Labute approximate surface area is 154 Å². The number of methoxy groups -OCH3 is 2. The zero-order chi connectivity index (χ0) is 18.4. The molecule has 0 aliphatic heterocycles. The van der Waals surface area contributed by atoms with Crippen LogP contribution >= 0.6 is 23.2 Å². The van der Waals surface area contributed by atoms with Crippen LogP contribution < -0.4 is 14.8 Å². The van der Waals surface area contributed by atoms with Gasteiger partial charge in [-0.1, -0.05) is 23.2 Å². The van der Waals surface area contributed by atoms with Gasteiger partial charge in [-0.25, -0.2) is 4.79 Å². The van der Waals surface area contributed by atoms with Gasteiger partial charge in [0.15, 0.2) is 18.1 Å². The van der Waals surface area contributed by atoms with E-state index in [4.69, 9.17) is 37.4 Å². The summed E-state index contributed by atoms with van der Waals surface area (Å²) >= 11 is 11.6. The molecular weight excluding hydrogens is 369 g/mol. The Hall–Kier alpha value is -2.44. The number of rotatable bonds is 6. The summed E-state index contributed by atoms with van der Waals surface area (Å²) in [5.74, 6) is -0.179. The number of carbonyl (C=O) groups is 2. The summed E-state index contributed by atoms with van der Waals surface area (Å²) in [4.78, 5) is 23.8. The van der Waals surface area contributed by atoms with E-state index in [2.05, 4.69) is 5.32 Å². The molecule has 0 spiro atoms. The highest BCUT2D eigenvalue weighted by atomic mass is 35.5. The summed E-state index contributed by atoms with van der Waals surface area (Å²) in [5, 5.41) is 3.15. The van der Waals surface area contributed by atoms with E-state index in [1.54, 1.807) is 18.2 Å². The number of hydrogen-bond acceptors (Lipinski definition) is 5. The second kappa shape index (κ2) is 8.60. The Morgan fingerprint density at radius 3 is 2.32 bits per heavy atom. The van der Waals surface area contributed by atoms with Crippen molar-refractivity contribution < 1.29 is 23.8 Å². The number of benzene rings is 2. The van der Waals surface area contributed by atoms with Gasteiger partial charge in [0.05, 0.1) is 29.8 Å². The molecule has 0 fully saturated rings. The predicted molar refractivity (Wildman–Crippen MR) is 94.9 cm³/mol. The minimum atomic E-state index is -0.680. The minimum absolute atomic E-state index is 0.202. The molecule has 2 rings (SSSR count). The molecule has 0 saturated heterocycles. The number of ether oxygens (including phenoxy) is 3. The third kappa shape index (κ3) is 5.01. The molecular formula is C17H15Cl2NO5. The summed E-state index contributed by atoms with van der Waals surface area (Å²) in [6, 6.07) is 9.19. The van der Waals surface area contributed by atoms with Gasteiger partial charge in [-0.3, -0.25) is 4.79 Å². The van der Waals surface area contributed by atoms with Crippen molar-refractivity contribution in [3.63, 3.8) is 0 Å². The van der Waals surface area contributed by atoms with Crippen LogP contribution in [0.3, 0.4) is 0 Å². The normalized spacial score (nSPS) is 10.1. The van der Waals surface area contributed by atoms with Crippen molar-refractivity contribution in [1.82, 2.24) is 0 Å². The van der Waals surface area contributed by atoms with Crippen molar-refractivity contribution in [2.45, 2.75) is 0 Å². The summed E-state index contributed by atoms with van der Waals surface area (Å²) in [5.41, 5.74) is 0.682. The molecule has 0 aliphatic rings. The molecule has 2 aromatic carbocycles. The fourth-order valence-corrected chi connectivity index (χ4v) is 2.25. The van der Waals surface area contributed by atoms with Gasteiger partial charge in [-0.15, -0.1) is 0 Å². The van der Waals surface area contributed by atoms with Crippen LogP contribution in [-0.4, -0.2) is 32.7 Å². The van der Waals surface area contributed by atoms with E-state index in [-0.39, 0.29) is 10.6 Å². The fourth-order valence-electron chi connectivity index (χ4n) is 1.95. The first-order valence-electron chi connectivity index (χ1n) is 7.08. The summed E-state index contributed by atoms with van der Waals surface area (Å²) < 4.78 is 15.2. The number of carbonyl (C=O) groups excluding carboxylic acids is 2. The van der Waals surface area contributed by atoms with E-state index in [0.717, 1.165) is 0 Å². The first-order valence-corrected chi connectivity index (χ1v) is 7.84. The average molecular weight is 384 g/mol. The zero-order valence-electron chi connectivity index (χ0n) is 13.5. The van der Waals surface area contributed by atoms with Gasteiger partial charge in [-0.2, -0.15) is 0 Å². The molecule has 0 aliphatic carbocycles. The Morgan fingerprint density at radius 2 is 1.68 bits per heavy atom. The second-order valence-corrected chi connectivity index (χ2v) is 5.64. The van der Waals surface area contributed by atoms with E-state index in [1.807, 2.05) is 0 Å². The van der Waals surface area contributed by atoms with E-state index in [9.17, 15) is 9.59 Å². The van der Waals surface area contributed by atoms with Crippen LogP contribution in [0.15, 0.2) is 36.4 Å². The summed E-state index contributed by atoms with van der Waals surface area (Å²) in [6.07, 6.45) is 0. The van der Waals surface area contributed by atoms with Crippen LogP contribution in [0.1, 0.15) is 10.4 Å². The molecule has 0 saturated carbocycles. The van der Waals surface area contributed by atoms with Crippen molar-refractivity contribution >= 4 is 40.8 Å². The molecule has 0 radical (unpaired) electrons.